The largest absolute Gasteiger partial charge is 0.492 e. The Bertz CT molecular complexity index is 475. The second-order valence-electron chi connectivity index (χ2n) is 5.99. The molecule has 0 spiro atoms. The first-order chi connectivity index (χ1) is 11.0. The monoisotopic (exact) mass is 360 g/mol. The van der Waals surface area contributed by atoms with Crippen molar-refractivity contribution in [2.24, 2.45) is 5.92 Å². The van der Waals surface area contributed by atoms with Gasteiger partial charge in [0.15, 0.2) is 0 Å². The number of rotatable bonds is 11. The van der Waals surface area contributed by atoms with Crippen LogP contribution in [0.25, 0.3) is 0 Å². The van der Waals surface area contributed by atoms with Gasteiger partial charge >= 0.3 is 5.97 Å². The number of benzene rings is 1. The Morgan fingerprint density at radius 1 is 1.09 bits per heavy atom. The molecule has 0 amide bonds. The lowest BCUT2D eigenvalue weighted by atomic mass is 10.1. The standard InChI is InChI=1S/C18H26Cl2O3/c1-14(2)7-4-3-5-11-23-18(21)8-6-12-22-17-10-9-15(19)13-16(17)20/h9-10,13-14H,3-8,11-12H2,1-2H3. The molecule has 0 atom stereocenters. The summed E-state index contributed by atoms with van der Waals surface area (Å²) in [6.07, 6.45) is 5.45. The van der Waals surface area contributed by atoms with E-state index in [1.165, 1.54) is 12.8 Å². The van der Waals surface area contributed by atoms with Crippen LogP contribution in [-0.2, 0) is 9.53 Å². The SMILES string of the molecule is CC(C)CCCCCOC(=O)CCCOc1ccc(Cl)cc1Cl. The Labute approximate surface area is 149 Å². The Hall–Kier alpha value is -0.930. The highest BCUT2D eigenvalue weighted by molar-refractivity contribution is 6.35. The van der Waals surface area contributed by atoms with Crippen LogP contribution in [0.3, 0.4) is 0 Å². The number of hydrogen-bond donors (Lipinski definition) is 0. The first kappa shape index (κ1) is 20.1. The lowest BCUT2D eigenvalue weighted by molar-refractivity contribution is -0.144. The molecule has 1 aromatic rings. The summed E-state index contributed by atoms with van der Waals surface area (Å²) in [5, 5.41) is 1.04. The molecule has 1 aromatic carbocycles. The van der Waals surface area contributed by atoms with Gasteiger partial charge in [-0.15, -0.1) is 0 Å². The third kappa shape index (κ3) is 9.72. The molecule has 0 N–H and O–H groups in total. The molecule has 23 heavy (non-hydrogen) atoms. The van der Waals surface area contributed by atoms with Gasteiger partial charge in [-0.05, 0) is 37.0 Å². The summed E-state index contributed by atoms with van der Waals surface area (Å²) >= 11 is 11.8. The summed E-state index contributed by atoms with van der Waals surface area (Å²) in [4.78, 5) is 11.6. The van der Waals surface area contributed by atoms with Crippen molar-refractivity contribution in [3.8, 4) is 5.75 Å². The molecule has 0 aliphatic carbocycles. The normalized spacial score (nSPS) is 10.8. The summed E-state index contributed by atoms with van der Waals surface area (Å²) < 4.78 is 10.7. The minimum absolute atomic E-state index is 0.167. The molecule has 0 aliphatic rings. The molecule has 130 valence electrons. The van der Waals surface area contributed by atoms with E-state index in [0.29, 0.717) is 41.9 Å². The molecule has 0 radical (unpaired) electrons. The third-order valence-corrected chi connectivity index (χ3v) is 3.90. The lowest BCUT2D eigenvalue weighted by Gasteiger charge is -2.08. The van der Waals surface area contributed by atoms with Gasteiger partial charge in [-0.3, -0.25) is 4.79 Å². The van der Waals surface area contributed by atoms with E-state index in [4.69, 9.17) is 32.7 Å². The number of halogens is 2. The third-order valence-electron chi connectivity index (χ3n) is 3.37. The van der Waals surface area contributed by atoms with Crippen LogP contribution < -0.4 is 4.74 Å². The molecular formula is C18H26Cl2O3. The zero-order valence-electron chi connectivity index (χ0n) is 13.9. The highest BCUT2D eigenvalue weighted by atomic mass is 35.5. The molecule has 3 nitrogen and oxygen atoms in total. The van der Waals surface area contributed by atoms with Crippen LogP contribution in [0.15, 0.2) is 18.2 Å². The Kier molecular flexibility index (Phi) is 10.1. The van der Waals surface area contributed by atoms with Gasteiger partial charge in [0, 0.05) is 11.4 Å². The Balaban J connectivity index is 2.03. The van der Waals surface area contributed by atoms with Gasteiger partial charge in [0.2, 0.25) is 0 Å². The van der Waals surface area contributed by atoms with Crippen molar-refractivity contribution < 1.29 is 14.3 Å². The highest BCUT2D eigenvalue weighted by Crippen LogP contribution is 2.27. The summed E-state index contributed by atoms with van der Waals surface area (Å²) in [6.45, 7) is 5.38. The number of carbonyl (C=O) groups excluding carboxylic acids is 1. The molecule has 0 bridgehead atoms. The Morgan fingerprint density at radius 3 is 2.57 bits per heavy atom. The average Bonchev–Trinajstić information content (AvgIpc) is 2.48. The van der Waals surface area contributed by atoms with Gasteiger partial charge in [-0.25, -0.2) is 0 Å². The maximum absolute atomic E-state index is 11.6. The number of esters is 1. The summed E-state index contributed by atoms with van der Waals surface area (Å²) in [5.74, 6) is 1.15. The van der Waals surface area contributed by atoms with Crippen molar-refractivity contribution in [1.82, 2.24) is 0 Å². The van der Waals surface area contributed by atoms with E-state index in [1.54, 1.807) is 18.2 Å². The first-order valence-corrected chi connectivity index (χ1v) is 8.98. The van der Waals surface area contributed by atoms with Crippen LogP contribution in [0, 0.1) is 5.92 Å². The lowest BCUT2D eigenvalue weighted by Crippen LogP contribution is -2.08. The summed E-state index contributed by atoms with van der Waals surface area (Å²) in [5.41, 5.74) is 0. The number of unbranched alkanes of at least 4 members (excludes halogenated alkanes) is 2. The second-order valence-corrected chi connectivity index (χ2v) is 6.83. The molecule has 0 saturated heterocycles. The molecule has 0 fully saturated rings. The van der Waals surface area contributed by atoms with Crippen LogP contribution in [-0.4, -0.2) is 19.2 Å². The smallest absolute Gasteiger partial charge is 0.305 e. The van der Waals surface area contributed by atoms with Crippen molar-refractivity contribution in [2.75, 3.05) is 13.2 Å². The number of carbonyl (C=O) groups is 1. The molecule has 0 aromatic heterocycles. The average molecular weight is 361 g/mol. The summed E-state index contributed by atoms with van der Waals surface area (Å²) in [6, 6.07) is 5.07. The predicted octanol–water partition coefficient (Wildman–Crippen LogP) is 5.91. The maximum Gasteiger partial charge on any atom is 0.305 e. The van der Waals surface area contributed by atoms with Crippen molar-refractivity contribution in [2.45, 2.75) is 52.4 Å². The van der Waals surface area contributed by atoms with E-state index in [1.807, 2.05) is 0 Å². The maximum atomic E-state index is 11.6. The van der Waals surface area contributed by atoms with Gasteiger partial charge in [-0.1, -0.05) is 56.3 Å². The van der Waals surface area contributed by atoms with Crippen molar-refractivity contribution in [3.05, 3.63) is 28.2 Å². The van der Waals surface area contributed by atoms with Gasteiger partial charge in [0.1, 0.15) is 5.75 Å². The highest BCUT2D eigenvalue weighted by Gasteiger charge is 2.05. The molecule has 0 saturated carbocycles. The van der Waals surface area contributed by atoms with Crippen LogP contribution in [0.2, 0.25) is 10.0 Å². The molecule has 0 unspecified atom stereocenters. The zero-order valence-corrected chi connectivity index (χ0v) is 15.5. The first-order valence-electron chi connectivity index (χ1n) is 8.22. The topological polar surface area (TPSA) is 35.5 Å². The van der Waals surface area contributed by atoms with E-state index >= 15 is 0 Å². The van der Waals surface area contributed by atoms with Gasteiger partial charge < -0.3 is 9.47 Å². The minimum atomic E-state index is -0.167. The fraction of sp³-hybridized carbons (Fsp3) is 0.611. The van der Waals surface area contributed by atoms with E-state index in [2.05, 4.69) is 13.8 Å². The van der Waals surface area contributed by atoms with Crippen molar-refractivity contribution >= 4 is 29.2 Å². The molecule has 1 rings (SSSR count). The van der Waals surface area contributed by atoms with E-state index in [-0.39, 0.29) is 5.97 Å². The summed E-state index contributed by atoms with van der Waals surface area (Å²) in [7, 11) is 0. The fourth-order valence-corrected chi connectivity index (χ4v) is 2.54. The van der Waals surface area contributed by atoms with Gasteiger partial charge in [-0.2, -0.15) is 0 Å². The Morgan fingerprint density at radius 2 is 1.87 bits per heavy atom. The quantitative estimate of drug-likeness (QED) is 0.363. The van der Waals surface area contributed by atoms with Crippen LogP contribution in [0.1, 0.15) is 52.4 Å². The number of hydrogen-bond acceptors (Lipinski definition) is 3. The van der Waals surface area contributed by atoms with Crippen LogP contribution >= 0.6 is 23.2 Å². The molecular weight excluding hydrogens is 335 g/mol. The minimum Gasteiger partial charge on any atom is -0.492 e. The zero-order chi connectivity index (χ0) is 17.1. The second kappa shape index (κ2) is 11.6. The van der Waals surface area contributed by atoms with Gasteiger partial charge in [0.05, 0.1) is 18.2 Å². The van der Waals surface area contributed by atoms with Crippen molar-refractivity contribution in [3.63, 3.8) is 0 Å². The van der Waals surface area contributed by atoms with Gasteiger partial charge in [0.25, 0.3) is 0 Å². The van der Waals surface area contributed by atoms with E-state index < -0.39 is 0 Å². The fourth-order valence-electron chi connectivity index (χ4n) is 2.08. The molecule has 5 heteroatoms. The van der Waals surface area contributed by atoms with E-state index in [9.17, 15) is 4.79 Å². The van der Waals surface area contributed by atoms with Crippen molar-refractivity contribution in [1.29, 1.82) is 0 Å². The molecule has 0 aliphatic heterocycles. The predicted molar refractivity (Wildman–Crippen MR) is 95.5 cm³/mol. The number of ether oxygens (including phenoxy) is 2. The van der Waals surface area contributed by atoms with E-state index in [0.717, 1.165) is 18.8 Å². The van der Waals surface area contributed by atoms with Crippen LogP contribution in [0.5, 0.6) is 5.75 Å². The molecule has 0 heterocycles. The van der Waals surface area contributed by atoms with Crippen LogP contribution in [0.4, 0.5) is 0 Å².